The maximum Gasteiger partial charge on any atom is 0.338 e. The topological polar surface area (TPSA) is 90.0 Å². The Morgan fingerprint density at radius 3 is 2.53 bits per heavy atom. The second-order valence-electron chi connectivity index (χ2n) is 7.22. The van der Waals surface area contributed by atoms with Crippen molar-refractivity contribution in [1.82, 2.24) is 4.31 Å². The van der Waals surface area contributed by atoms with Crippen LogP contribution in [0, 0.1) is 0 Å². The van der Waals surface area contributed by atoms with E-state index in [1.807, 2.05) is 30.3 Å². The lowest BCUT2D eigenvalue weighted by Crippen LogP contribution is -2.30. The highest BCUT2D eigenvalue weighted by atomic mass is 32.2. The minimum Gasteiger partial charge on any atom is -0.495 e. The van der Waals surface area contributed by atoms with Crippen LogP contribution in [0.5, 0.6) is 5.75 Å². The van der Waals surface area contributed by atoms with Gasteiger partial charge in [-0.05, 0) is 43.0 Å². The molecule has 3 rings (SSSR count). The lowest BCUT2D eigenvalue weighted by atomic mass is 9.96. The third-order valence-corrected chi connectivity index (χ3v) is 6.91. The Morgan fingerprint density at radius 2 is 1.87 bits per heavy atom. The van der Waals surface area contributed by atoms with E-state index in [4.69, 9.17) is 9.47 Å². The quantitative estimate of drug-likeness (QED) is 0.626. The monoisotopic (exact) mass is 431 g/mol. The van der Waals surface area contributed by atoms with E-state index in [1.165, 1.54) is 36.7 Å². The van der Waals surface area contributed by atoms with E-state index < -0.39 is 22.1 Å². The summed E-state index contributed by atoms with van der Waals surface area (Å²) in [6, 6.07) is 13.3. The van der Waals surface area contributed by atoms with Crippen LogP contribution in [0.15, 0.2) is 53.4 Å². The number of carbonyl (C=O) groups is 2. The van der Waals surface area contributed by atoms with Crippen molar-refractivity contribution in [1.29, 1.82) is 0 Å². The smallest absolute Gasteiger partial charge is 0.338 e. The molecule has 0 bridgehead atoms. The van der Waals surface area contributed by atoms with Crippen LogP contribution >= 0.6 is 0 Å². The fourth-order valence-corrected chi connectivity index (χ4v) is 4.71. The predicted molar refractivity (Wildman–Crippen MR) is 111 cm³/mol. The molecule has 0 amide bonds. The molecule has 0 radical (unpaired) electrons. The van der Waals surface area contributed by atoms with Gasteiger partial charge in [0.15, 0.2) is 11.9 Å². The van der Waals surface area contributed by atoms with Crippen molar-refractivity contribution < 1.29 is 27.5 Å². The second kappa shape index (κ2) is 9.40. The molecule has 0 aliphatic heterocycles. The fraction of sp³-hybridized carbons (Fsp3) is 0.364. The zero-order valence-corrected chi connectivity index (χ0v) is 17.9. The zero-order chi connectivity index (χ0) is 21.7. The normalized spacial score (nSPS) is 17.0. The number of esters is 1. The van der Waals surface area contributed by atoms with Gasteiger partial charge in [-0.15, -0.1) is 0 Å². The molecule has 0 heterocycles. The number of hydrogen-bond acceptors (Lipinski definition) is 6. The van der Waals surface area contributed by atoms with Crippen LogP contribution in [0.3, 0.4) is 0 Å². The molecule has 160 valence electrons. The van der Waals surface area contributed by atoms with Gasteiger partial charge in [0.2, 0.25) is 10.0 Å². The first kappa shape index (κ1) is 22.0. The summed E-state index contributed by atoms with van der Waals surface area (Å²) in [6.07, 6.45) is 1.73. The molecule has 2 aromatic rings. The number of Topliss-reactive ketones (excluding diaryl/α,β-unsaturated/α-hetero) is 1. The SMILES string of the molecule is COc1ccc(C(=O)OC2CCCCC2=O)cc1S(=O)(=O)N(C)Cc1ccccc1. The maximum atomic E-state index is 13.2. The van der Waals surface area contributed by atoms with E-state index in [9.17, 15) is 18.0 Å². The fourth-order valence-electron chi connectivity index (χ4n) is 3.37. The summed E-state index contributed by atoms with van der Waals surface area (Å²) < 4.78 is 38.1. The largest absolute Gasteiger partial charge is 0.495 e. The first-order valence-electron chi connectivity index (χ1n) is 9.75. The number of sulfonamides is 1. The van der Waals surface area contributed by atoms with E-state index in [-0.39, 0.29) is 28.5 Å². The third-order valence-electron chi connectivity index (χ3n) is 5.08. The highest BCUT2D eigenvalue weighted by molar-refractivity contribution is 7.89. The van der Waals surface area contributed by atoms with Gasteiger partial charge in [-0.1, -0.05) is 30.3 Å². The van der Waals surface area contributed by atoms with Crippen LogP contribution in [0.4, 0.5) is 0 Å². The van der Waals surface area contributed by atoms with Crippen molar-refractivity contribution in [2.75, 3.05) is 14.2 Å². The molecule has 30 heavy (non-hydrogen) atoms. The molecule has 1 unspecified atom stereocenters. The van der Waals surface area contributed by atoms with Crippen LogP contribution < -0.4 is 4.74 Å². The lowest BCUT2D eigenvalue weighted by Gasteiger charge is -2.21. The minimum absolute atomic E-state index is 0.0564. The molecule has 1 atom stereocenters. The molecule has 1 aliphatic rings. The summed E-state index contributed by atoms with van der Waals surface area (Å²) in [6.45, 7) is 0.164. The number of ether oxygens (including phenoxy) is 2. The van der Waals surface area contributed by atoms with Crippen molar-refractivity contribution in [3.63, 3.8) is 0 Å². The van der Waals surface area contributed by atoms with Crippen LogP contribution in [0.2, 0.25) is 0 Å². The van der Waals surface area contributed by atoms with Crippen LogP contribution in [0.25, 0.3) is 0 Å². The van der Waals surface area contributed by atoms with Gasteiger partial charge in [0.1, 0.15) is 10.6 Å². The van der Waals surface area contributed by atoms with E-state index in [0.29, 0.717) is 12.8 Å². The number of carbonyl (C=O) groups excluding carboxylic acids is 2. The van der Waals surface area contributed by atoms with Gasteiger partial charge in [-0.3, -0.25) is 4.79 Å². The average molecular weight is 432 g/mol. The molecule has 0 aromatic heterocycles. The Kier molecular flexibility index (Phi) is 6.89. The van der Waals surface area contributed by atoms with Gasteiger partial charge in [-0.2, -0.15) is 4.31 Å². The summed E-state index contributed by atoms with van der Waals surface area (Å²) >= 11 is 0. The Bertz CT molecular complexity index is 1020. The van der Waals surface area contributed by atoms with Gasteiger partial charge < -0.3 is 9.47 Å². The third kappa shape index (κ3) is 4.88. The van der Waals surface area contributed by atoms with Crippen molar-refractivity contribution in [2.24, 2.45) is 0 Å². The highest BCUT2D eigenvalue weighted by Crippen LogP contribution is 2.29. The number of rotatable bonds is 7. The lowest BCUT2D eigenvalue weighted by molar-refractivity contribution is -0.129. The zero-order valence-electron chi connectivity index (χ0n) is 17.0. The molecule has 7 nitrogen and oxygen atoms in total. The number of methoxy groups -OCH3 is 1. The van der Waals surface area contributed by atoms with E-state index in [1.54, 1.807) is 0 Å². The summed E-state index contributed by atoms with van der Waals surface area (Å²) in [7, 11) is -1.12. The highest BCUT2D eigenvalue weighted by Gasteiger charge is 2.29. The first-order chi connectivity index (χ1) is 14.3. The summed E-state index contributed by atoms with van der Waals surface area (Å²) in [5.74, 6) is -0.696. The molecule has 0 saturated heterocycles. The van der Waals surface area contributed by atoms with Gasteiger partial charge in [0, 0.05) is 20.0 Å². The van der Waals surface area contributed by atoms with Gasteiger partial charge in [0.25, 0.3) is 0 Å². The minimum atomic E-state index is -3.95. The number of nitrogens with zero attached hydrogens (tertiary/aromatic N) is 1. The van der Waals surface area contributed by atoms with Crippen LogP contribution in [-0.4, -0.2) is 44.7 Å². The Balaban J connectivity index is 1.86. The number of benzene rings is 2. The van der Waals surface area contributed by atoms with Gasteiger partial charge in [0.05, 0.1) is 12.7 Å². The van der Waals surface area contributed by atoms with E-state index in [2.05, 4.69) is 0 Å². The van der Waals surface area contributed by atoms with Crippen LogP contribution in [-0.2, 0) is 26.1 Å². The predicted octanol–water partition coefficient (Wildman–Crippen LogP) is 3.18. The molecule has 8 heteroatoms. The Hall–Kier alpha value is -2.71. The average Bonchev–Trinajstić information content (AvgIpc) is 2.75. The van der Waals surface area contributed by atoms with Crippen molar-refractivity contribution in [2.45, 2.75) is 43.2 Å². The standard InChI is InChI=1S/C22H25NO6S/c1-23(15-16-8-4-3-5-9-16)30(26,27)21-14-17(12-13-20(21)28-2)22(25)29-19-11-7-6-10-18(19)24/h3-5,8-9,12-14,19H,6-7,10-11,15H2,1-2H3. The molecule has 0 spiro atoms. The summed E-state index contributed by atoms with van der Waals surface area (Å²) in [5.41, 5.74) is 0.884. The molecule has 1 aliphatic carbocycles. The van der Waals surface area contributed by atoms with Gasteiger partial charge >= 0.3 is 5.97 Å². The molecule has 1 fully saturated rings. The molecule has 2 aromatic carbocycles. The van der Waals surface area contributed by atoms with Crippen LogP contribution in [0.1, 0.15) is 41.6 Å². The summed E-state index contributed by atoms with van der Waals surface area (Å²) in [5, 5.41) is 0. The molecular weight excluding hydrogens is 406 g/mol. The van der Waals surface area contributed by atoms with Crippen molar-refractivity contribution in [3.8, 4) is 5.75 Å². The van der Waals surface area contributed by atoms with E-state index in [0.717, 1.165) is 18.4 Å². The summed E-state index contributed by atoms with van der Waals surface area (Å²) in [4.78, 5) is 24.4. The van der Waals surface area contributed by atoms with Crippen molar-refractivity contribution in [3.05, 3.63) is 59.7 Å². The first-order valence-corrected chi connectivity index (χ1v) is 11.2. The number of hydrogen-bond donors (Lipinski definition) is 0. The Labute approximate surface area is 176 Å². The Morgan fingerprint density at radius 1 is 1.13 bits per heavy atom. The molecular formula is C22H25NO6S. The van der Waals surface area contributed by atoms with Crippen molar-refractivity contribution >= 4 is 21.8 Å². The van der Waals surface area contributed by atoms with E-state index >= 15 is 0 Å². The maximum absolute atomic E-state index is 13.2. The molecule has 0 N–H and O–H groups in total. The van der Waals surface area contributed by atoms with Gasteiger partial charge in [-0.25, -0.2) is 13.2 Å². The molecule has 1 saturated carbocycles. The number of ketones is 1. The second-order valence-corrected chi connectivity index (χ2v) is 9.23.